The Balaban J connectivity index is 2.04. The number of nitrogens with zero attached hydrogens (tertiary/aromatic N) is 3. The van der Waals surface area contributed by atoms with Crippen molar-refractivity contribution in [2.45, 2.75) is 13.2 Å². The summed E-state index contributed by atoms with van der Waals surface area (Å²) in [6, 6.07) is 7.54. The first kappa shape index (κ1) is 21.7. The average molecular weight is 431 g/mol. The molecule has 0 aliphatic carbocycles. The first-order chi connectivity index (χ1) is 14.8. The van der Waals surface area contributed by atoms with Crippen LogP contribution in [0, 0.1) is 10.1 Å². The summed E-state index contributed by atoms with van der Waals surface area (Å²) in [7, 11) is 5.76. The van der Waals surface area contributed by atoms with Gasteiger partial charge >= 0.3 is 5.69 Å². The van der Waals surface area contributed by atoms with Crippen LogP contribution in [0.25, 0.3) is 0 Å². The maximum absolute atomic E-state index is 12.2. The standard InChI is InChI=1S/C20H21N3O8/c1-11(24)22-20(12-6-7-15(27-2)14(8-12)23(25)26)31-19(21-22)13-9-16(28-3)18(30-5)17(10-13)29-4/h6-10,20H,1-5H3. The lowest BCUT2D eigenvalue weighted by Crippen LogP contribution is -2.25. The van der Waals surface area contributed by atoms with Gasteiger partial charge in [-0.2, -0.15) is 5.01 Å². The predicted octanol–water partition coefficient (Wildman–Crippen LogP) is 2.87. The Hall–Kier alpha value is -4.02. The molecule has 1 amide bonds. The minimum absolute atomic E-state index is 0.0897. The molecule has 0 radical (unpaired) electrons. The molecule has 0 aromatic heterocycles. The van der Waals surface area contributed by atoms with Crippen LogP contribution < -0.4 is 18.9 Å². The third-order valence-electron chi connectivity index (χ3n) is 4.56. The molecule has 1 heterocycles. The van der Waals surface area contributed by atoms with E-state index in [1.165, 1.54) is 47.5 Å². The maximum Gasteiger partial charge on any atom is 0.311 e. The van der Waals surface area contributed by atoms with Gasteiger partial charge in [-0.3, -0.25) is 14.9 Å². The molecule has 1 unspecified atom stereocenters. The van der Waals surface area contributed by atoms with Gasteiger partial charge in [0.15, 0.2) is 17.2 Å². The Bertz CT molecular complexity index is 1030. The minimum Gasteiger partial charge on any atom is -0.493 e. The number of carbonyl (C=O) groups excluding carboxylic acids is 1. The Morgan fingerprint density at radius 2 is 1.65 bits per heavy atom. The van der Waals surface area contributed by atoms with E-state index in [0.717, 1.165) is 5.01 Å². The summed E-state index contributed by atoms with van der Waals surface area (Å²) in [5, 5.41) is 16.8. The van der Waals surface area contributed by atoms with E-state index < -0.39 is 17.1 Å². The number of hydrogen-bond donors (Lipinski definition) is 0. The van der Waals surface area contributed by atoms with E-state index in [-0.39, 0.29) is 17.3 Å². The van der Waals surface area contributed by atoms with Crippen LogP contribution in [0.2, 0.25) is 0 Å². The molecule has 0 bridgehead atoms. The molecular formula is C20H21N3O8. The molecule has 2 aromatic carbocycles. The fourth-order valence-electron chi connectivity index (χ4n) is 3.11. The quantitative estimate of drug-likeness (QED) is 0.484. The maximum atomic E-state index is 12.2. The highest BCUT2D eigenvalue weighted by Crippen LogP contribution is 2.41. The summed E-state index contributed by atoms with van der Waals surface area (Å²) in [5.41, 5.74) is 0.563. The van der Waals surface area contributed by atoms with Crippen LogP contribution in [0.5, 0.6) is 23.0 Å². The fraction of sp³-hybridized carbons (Fsp3) is 0.300. The molecule has 11 nitrogen and oxygen atoms in total. The molecular weight excluding hydrogens is 410 g/mol. The van der Waals surface area contributed by atoms with Crippen molar-refractivity contribution >= 4 is 17.5 Å². The first-order valence-corrected chi connectivity index (χ1v) is 9.02. The number of benzene rings is 2. The second-order valence-electron chi connectivity index (χ2n) is 6.34. The van der Waals surface area contributed by atoms with E-state index in [1.807, 2.05) is 0 Å². The summed E-state index contributed by atoms with van der Waals surface area (Å²) in [4.78, 5) is 23.0. The third-order valence-corrected chi connectivity index (χ3v) is 4.56. The van der Waals surface area contributed by atoms with E-state index >= 15 is 0 Å². The van der Waals surface area contributed by atoms with Gasteiger partial charge in [-0.15, -0.1) is 5.10 Å². The number of rotatable bonds is 7. The van der Waals surface area contributed by atoms with Crippen molar-refractivity contribution in [3.63, 3.8) is 0 Å². The van der Waals surface area contributed by atoms with Crippen LogP contribution in [0.15, 0.2) is 35.4 Å². The van der Waals surface area contributed by atoms with E-state index in [9.17, 15) is 14.9 Å². The van der Waals surface area contributed by atoms with Crippen molar-refractivity contribution in [3.05, 3.63) is 51.6 Å². The Labute approximate surface area is 177 Å². The predicted molar refractivity (Wildman–Crippen MR) is 109 cm³/mol. The molecule has 2 aromatic rings. The average Bonchev–Trinajstić information content (AvgIpc) is 3.23. The first-order valence-electron chi connectivity index (χ1n) is 9.02. The normalized spacial score (nSPS) is 15.1. The van der Waals surface area contributed by atoms with Gasteiger partial charge < -0.3 is 23.7 Å². The van der Waals surface area contributed by atoms with E-state index in [2.05, 4.69) is 5.10 Å². The molecule has 11 heteroatoms. The molecule has 3 rings (SSSR count). The van der Waals surface area contributed by atoms with E-state index in [4.69, 9.17) is 23.7 Å². The van der Waals surface area contributed by atoms with Crippen molar-refractivity contribution in [2.24, 2.45) is 5.10 Å². The van der Waals surface area contributed by atoms with Gasteiger partial charge in [-0.25, -0.2) is 0 Å². The van der Waals surface area contributed by atoms with Crippen LogP contribution in [0.4, 0.5) is 5.69 Å². The second-order valence-corrected chi connectivity index (χ2v) is 6.34. The number of nitro benzene ring substituents is 1. The Morgan fingerprint density at radius 1 is 1.03 bits per heavy atom. The Morgan fingerprint density at radius 3 is 2.13 bits per heavy atom. The number of amides is 1. The van der Waals surface area contributed by atoms with Gasteiger partial charge in [0, 0.05) is 24.1 Å². The van der Waals surface area contributed by atoms with Gasteiger partial charge in [0.25, 0.3) is 0 Å². The van der Waals surface area contributed by atoms with Crippen molar-refractivity contribution in [3.8, 4) is 23.0 Å². The molecule has 1 atom stereocenters. The molecule has 164 valence electrons. The molecule has 31 heavy (non-hydrogen) atoms. The van der Waals surface area contributed by atoms with Gasteiger partial charge in [0.2, 0.25) is 23.8 Å². The molecule has 0 saturated carbocycles. The van der Waals surface area contributed by atoms with Gasteiger partial charge in [-0.05, 0) is 24.3 Å². The molecule has 0 fully saturated rings. The number of hydrogen-bond acceptors (Lipinski definition) is 9. The summed E-state index contributed by atoms with van der Waals surface area (Å²) >= 11 is 0. The van der Waals surface area contributed by atoms with Crippen molar-refractivity contribution in [1.82, 2.24) is 5.01 Å². The molecule has 1 aliphatic rings. The molecule has 1 aliphatic heterocycles. The van der Waals surface area contributed by atoms with E-state index in [1.54, 1.807) is 18.2 Å². The molecule has 0 saturated heterocycles. The van der Waals surface area contributed by atoms with Crippen LogP contribution in [-0.2, 0) is 9.53 Å². The lowest BCUT2D eigenvalue weighted by atomic mass is 10.1. The number of ether oxygens (including phenoxy) is 5. The zero-order chi connectivity index (χ0) is 22.7. The highest BCUT2D eigenvalue weighted by Gasteiger charge is 2.35. The van der Waals surface area contributed by atoms with Crippen LogP contribution >= 0.6 is 0 Å². The van der Waals surface area contributed by atoms with Crippen LogP contribution in [-0.4, -0.2) is 50.2 Å². The van der Waals surface area contributed by atoms with Crippen LogP contribution in [0.3, 0.4) is 0 Å². The van der Waals surface area contributed by atoms with Crippen LogP contribution in [0.1, 0.15) is 24.3 Å². The summed E-state index contributed by atoms with van der Waals surface area (Å²) in [6.07, 6.45) is -1.00. The number of carbonyl (C=O) groups is 1. The van der Waals surface area contributed by atoms with Gasteiger partial charge in [0.1, 0.15) is 0 Å². The Kier molecular flexibility index (Phi) is 6.14. The second kappa shape index (κ2) is 8.78. The SMILES string of the molecule is COc1ccc(C2OC(c3cc(OC)c(OC)c(OC)c3)=NN2C(C)=O)cc1[N+](=O)[O-]. The highest BCUT2D eigenvalue weighted by molar-refractivity contribution is 5.97. The number of hydrazone groups is 1. The largest absolute Gasteiger partial charge is 0.493 e. The number of methoxy groups -OCH3 is 4. The monoisotopic (exact) mass is 431 g/mol. The summed E-state index contributed by atoms with van der Waals surface area (Å²) < 4.78 is 27.0. The minimum atomic E-state index is -1.00. The van der Waals surface area contributed by atoms with E-state index in [0.29, 0.717) is 28.4 Å². The smallest absolute Gasteiger partial charge is 0.311 e. The summed E-state index contributed by atoms with van der Waals surface area (Å²) in [6.45, 7) is 1.32. The number of nitro groups is 1. The van der Waals surface area contributed by atoms with Crippen molar-refractivity contribution in [1.29, 1.82) is 0 Å². The van der Waals surface area contributed by atoms with Crippen molar-refractivity contribution < 1.29 is 33.4 Å². The zero-order valence-corrected chi connectivity index (χ0v) is 17.6. The van der Waals surface area contributed by atoms with Gasteiger partial charge in [-0.1, -0.05) is 0 Å². The molecule has 0 N–H and O–H groups in total. The highest BCUT2D eigenvalue weighted by atomic mass is 16.6. The van der Waals surface area contributed by atoms with Gasteiger partial charge in [0.05, 0.1) is 33.4 Å². The lowest BCUT2D eigenvalue weighted by molar-refractivity contribution is -0.385. The molecule has 0 spiro atoms. The zero-order valence-electron chi connectivity index (χ0n) is 17.6. The fourth-order valence-corrected chi connectivity index (χ4v) is 3.11. The lowest BCUT2D eigenvalue weighted by Gasteiger charge is -2.19. The van der Waals surface area contributed by atoms with Crippen molar-refractivity contribution in [2.75, 3.05) is 28.4 Å². The third kappa shape index (κ3) is 4.02. The summed E-state index contributed by atoms with van der Waals surface area (Å²) in [5.74, 6) is 0.927. The topological polar surface area (TPSA) is 122 Å².